The molecule has 1 unspecified atom stereocenters. The van der Waals surface area contributed by atoms with Gasteiger partial charge in [0.05, 0.1) is 11.7 Å². The minimum absolute atomic E-state index is 0.203. The van der Waals surface area contributed by atoms with Crippen molar-refractivity contribution in [2.24, 2.45) is 5.41 Å². The summed E-state index contributed by atoms with van der Waals surface area (Å²) in [6.07, 6.45) is 8.56. The Kier molecular flexibility index (Phi) is 5.53. The Morgan fingerprint density at radius 1 is 1.32 bits per heavy atom. The Morgan fingerprint density at radius 2 is 2.12 bits per heavy atom. The molecular weight excluding hydrogens is 312 g/mol. The van der Waals surface area contributed by atoms with Crippen LogP contribution in [0.15, 0.2) is 43.0 Å². The van der Waals surface area contributed by atoms with Gasteiger partial charge in [-0.3, -0.25) is 9.69 Å². The Balaban J connectivity index is 1.61. The quantitative estimate of drug-likeness (QED) is 0.879. The van der Waals surface area contributed by atoms with Crippen LogP contribution in [0.2, 0.25) is 0 Å². The van der Waals surface area contributed by atoms with Gasteiger partial charge in [0.2, 0.25) is 5.91 Å². The summed E-state index contributed by atoms with van der Waals surface area (Å²) < 4.78 is 2.00. The SMILES string of the molecule is CCCNC(=O)C1(C)CCCN(Cc2ccc(-n3ccnc3)cc2)C1. The van der Waals surface area contributed by atoms with E-state index >= 15 is 0 Å². The highest BCUT2D eigenvalue weighted by Crippen LogP contribution is 2.30. The van der Waals surface area contributed by atoms with Crippen molar-refractivity contribution in [3.8, 4) is 5.69 Å². The molecule has 25 heavy (non-hydrogen) atoms. The van der Waals surface area contributed by atoms with Crippen LogP contribution in [0.25, 0.3) is 5.69 Å². The van der Waals surface area contributed by atoms with Crippen molar-refractivity contribution < 1.29 is 4.79 Å². The Hall–Kier alpha value is -2.14. The third-order valence-electron chi connectivity index (χ3n) is 5.00. The molecule has 1 atom stereocenters. The number of nitrogens with one attached hydrogen (secondary N) is 1. The molecule has 1 saturated heterocycles. The molecule has 0 bridgehead atoms. The van der Waals surface area contributed by atoms with Crippen molar-refractivity contribution in [1.82, 2.24) is 19.8 Å². The minimum atomic E-state index is -0.274. The predicted molar refractivity (Wildman–Crippen MR) is 99.5 cm³/mol. The van der Waals surface area contributed by atoms with Crippen molar-refractivity contribution >= 4 is 5.91 Å². The van der Waals surface area contributed by atoms with Crippen LogP contribution >= 0.6 is 0 Å². The van der Waals surface area contributed by atoms with Gasteiger partial charge in [0.25, 0.3) is 0 Å². The van der Waals surface area contributed by atoms with E-state index in [2.05, 4.69) is 53.3 Å². The number of imidazole rings is 1. The van der Waals surface area contributed by atoms with Crippen molar-refractivity contribution in [3.05, 3.63) is 48.5 Å². The van der Waals surface area contributed by atoms with E-state index in [1.807, 2.05) is 10.8 Å². The van der Waals surface area contributed by atoms with Crippen LogP contribution in [0.5, 0.6) is 0 Å². The van der Waals surface area contributed by atoms with Gasteiger partial charge >= 0.3 is 0 Å². The Labute approximate surface area is 150 Å². The summed E-state index contributed by atoms with van der Waals surface area (Å²) in [5.74, 6) is 0.203. The van der Waals surface area contributed by atoms with E-state index in [1.165, 1.54) is 5.56 Å². The zero-order valence-electron chi connectivity index (χ0n) is 15.2. The van der Waals surface area contributed by atoms with E-state index in [9.17, 15) is 4.79 Å². The molecule has 2 aromatic rings. The van der Waals surface area contributed by atoms with Crippen LogP contribution < -0.4 is 5.32 Å². The maximum absolute atomic E-state index is 12.5. The van der Waals surface area contributed by atoms with E-state index in [4.69, 9.17) is 0 Å². The molecule has 2 heterocycles. The second kappa shape index (κ2) is 7.83. The van der Waals surface area contributed by atoms with Gasteiger partial charge in [0.15, 0.2) is 0 Å². The number of piperidine rings is 1. The van der Waals surface area contributed by atoms with Gasteiger partial charge in [0.1, 0.15) is 0 Å². The lowest BCUT2D eigenvalue weighted by atomic mass is 9.80. The number of nitrogens with zero attached hydrogens (tertiary/aromatic N) is 3. The first-order valence-electron chi connectivity index (χ1n) is 9.19. The molecule has 0 aliphatic carbocycles. The topological polar surface area (TPSA) is 50.2 Å². The highest BCUT2D eigenvalue weighted by atomic mass is 16.2. The summed E-state index contributed by atoms with van der Waals surface area (Å²) >= 11 is 0. The molecule has 5 nitrogen and oxygen atoms in total. The summed E-state index contributed by atoms with van der Waals surface area (Å²) in [6, 6.07) is 8.57. The summed E-state index contributed by atoms with van der Waals surface area (Å²) in [5.41, 5.74) is 2.12. The smallest absolute Gasteiger partial charge is 0.227 e. The minimum Gasteiger partial charge on any atom is -0.356 e. The third kappa shape index (κ3) is 4.28. The molecule has 0 radical (unpaired) electrons. The Morgan fingerprint density at radius 3 is 2.80 bits per heavy atom. The molecule has 1 aromatic carbocycles. The summed E-state index contributed by atoms with van der Waals surface area (Å²) in [7, 11) is 0. The lowest BCUT2D eigenvalue weighted by molar-refractivity contribution is -0.133. The summed E-state index contributed by atoms with van der Waals surface area (Å²) in [4.78, 5) is 19.0. The first kappa shape index (κ1) is 17.7. The highest BCUT2D eigenvalue weighted by molar-refractivity contribution is 5.82. The number of aromatic nitrogens is 2. The lowest BCUT2D eigenvalue weighted by Crippen LogP contribution is -2.50. The maximum Gasteiger partial charge on any atom is 0.227 e. The molecule has 0 spiro atoms. The molecule has 1 fully saturated rings. The fraction of sp³-hybridized carbons (Fsp3) is 0.500. The van der Waals surface area contributed by atoms with Gasteiger partial charge in [-0.1, -0.05) is 19.1 Å². The third-order valence-corrected chi connectivity index (χ3v) is 5.00. The number of rotatable bonds is 6. The standard InChI is InChI=1S/C20H28N4O/c1-3-10-22-19(25)20(2)9-4-12-23(15-20)14-17-5-7-18(8-6-17)24-13-11-21-16-24/h5-8,11,13,16H,3-4,9-10,12,14-15H2,1-2H3,(H,22,25). The van der Waals surface area contributed by atoms with Crippen LogP contribution in [-0.4, -0.2) is 40.0 Å². The lowest BCUT2D eigenvalue weighted by Gasteiger charge is -2.39. The van der Waals surface area contributed by atoms with Gasteiger partial charge in [-0.2, -0.15) is 0 Å². The molecule has 5 heteroatoms. The van der Waals surface area contributed by atoms with Crippen LogP contribution in [0.3, 0.4) is 0 Å². The van der Waals surface area contributed by atoms with E-state index < -0.39 is 0 Å². The van der Waals surface area contributed by atoms with Crippen LogP contribution in [0.4, 0.5) is 0 Å². The molecule has 134 valence electrons. The maximum atomic E-state index is 12.5. The number of benzene rings is 1. The fourth-order valence-corrected chi connectivity index (χ4v) is 3.56. The van der Waals surface area contributed by atoms with Gasteiger partial charge in [-0.25, -0.2) is 4.98 Å². The van der Waals surface area contributed by atoms with Crippen molar-refractivity contribution in [2.75, 3.05) is 19.6 Å². The number of hydrogen-bond acceptors (Lipinski definition) is 3. The molecule has 1 aromatic heterocycles. The van der Waals surface area contributed by atoms with E-state index in [0.29, 0.717) is 0 Å². The number of carbonyl (C=O) groups excluding carboxylic acids is 1. The van der Waals surface area contributed by atoms with Crippen LogP contribution in [0.1, 0.15) is 38.7 Å². The van der Waals surface area contributed by atoms with Gasteiger partial charge in [0, 0.05) is 37.7 Å². The normalized spacial score (nSPS) is 21.2. The summed E-state index contributed by atoms with van der Waals surface area (Å²) in [6.45, 7) is 7.73. The Bertz CT molecular complexity index is 680. The second-order valence-electron chi connectivity index (χ2n) is 7.27. The van der Waals surface area contributed by atoms with Crippen molar-refractivity contribution in [3.63, 3.8) is 0 Å². The zero-order valence-corrected chi connectivity index (χ0v) is 15.2. The van der Waals surface area contributed by atoms with E-state index in [1.54, 1.807) is 12.5 Å². The molecule has 0 saturated carbocycles. The predicted octanol–water partition coefficient (Wildman–Crippen LogP) is 3.00. The first-order valence-corrected chi connectivity index (χ1v) is 9.19. The number of hydrogen-bond donors (Lipinski definition) is 1. The number of amides is 1. The first-order chi connectivity index (χ1) is 12.1. The second-order valence-corrected chi connectivity index (χ2v) is 7.27. The van der Waals surface area contributed by atoms with Crippen molar-refractivity contribution in [2.45, 2.75) is 39.7 Å². The monoisotopic (exact) mass is 340 g/mol. The molecule has 1 amide bonds. The van der Waals surface area contributed by atoms with Gasteiger partial charge in [-0.05, 0) is 50.4 Å². The average Bonchev–Trinajstić information content (AvgIpc) is 3.15. The van der Waals surface area contributed by atoms with Gasteiger partial charge < -0.3 is 9.88 Å². The molecule has 1 aliphatic rings. The molecule has 3 rings (SSSR count). The highest BCUT2D eigenvalue weighted by Gasteiger charge is 2.37. The largest absolute Gasteiger partial charge is 0.356 e. The number of likely N-dealkylation sites (tertiary alicyclic amines) is 1. The molecular formula is C20H28N4O. The fourth-order valence-electron chi connectivity index (χ4n) is 3.56. The summed E-state index contributed by atoms with van der Waals surface area (Å²) in [5, 5.41) is 3.08. The van der Waals surface area contributed by atoms with Gasteiger partial charge in [-0.15, -0.1) is 0 Å². The molecule has 1 aliphatic heterocycles. The van der Waals surface area contributed by atoms with E-state index in [-0.39, 0.29) is 11.3 Å². The van der Waals surface area contributed by atoms with Crippen molar-refractivity contribution in [1.29, 1.82) is 0 Å². The van der Waals surface area contributed by atoms with Crippen LogP contribution in [-0.2, 0) is 11.3 Å². The molecule has 1 N–H and O–H groups in total. The van der Waals surface area contributed by atoms with Crippen LogP contribution in [0, 0.1) is 5.41 Å². The number of carbonyl (C=O) groups is 1. The zero-order chi connectivity index (χ0) is 17.7. The van der Waals surface area contributed by atoms with E-state index in [0.717, 1.165) is 51.1 Å². The average molecular weight is 340 g/mol.